The summed E-state index contributed by atoms with van der Waals surface area (Å²) >= 11 is 0. The molecule has 0 saturated carbocycles. The molecule has 0 aliphatic heterocycles. The lowest BCUT2D eigenvalue weighted by atomic mass is 10.1. The molecule has 138 valence electrons. The first-order valence-electron chi connectivity index (χ1n) is 7.82. The highest BCUT2D eigenvalue weighted by Gasteiger charge is 2.12. The third-order valence-electron chi connectivity index (χ3n) is 3.15. The Balaban J connectivity index is 2.68. The summed E-state index contributed by atoms with van der Waals surface area (Å²) in [7, 11) is 4.53. The van der Waals surface area contributed by atoms with Crippen molar-refractivity contribution in [2.75, 3.05) is 34.5 Å². The molecule has 0 fully saturated rings. The van der Waals surface area contributed by atoms with E-state index in [4.69, 9.17) is 18.9 Å². The number of ether oxygens (including phenoxy) is 4. The van der Waals surface area contributed by atoms with E-state index in [0.29, 0.717) is 35.3 Å². The number of rotatable bonds is 9. The maximum absolute atomic E-state index is 11.7. The molecule has 0 atom stereocenters. The van der Waals surface area contributed by atoms with Crippen LogP contribution in [0.4, 0.5) is 0 Å². The molecule has 0 unspecified atom stereocenters. The Hall–Kier alpha value is -2.70. The van der Waals surface area contributed by atoms with Gasteiger partial charge in [0.05, 0.1) is 21.3 Å². The van der Waals surface area contributed by atoms with Crippen LogP contribution in [0, 0.1) is 5.92 Å². The summed E-state index contributed by atoms with van der Waals surface area (Å²) in [4.78, 5) is 23.2. The Morgan fingerprint density at radius 2 is 1.68 bits per heavy atom. The Bertz CT molecular complexity index is 599. The van der Waals surface area contributed by atoms with Gasteiger partial charge in [0, 0.05) is 12.6 Å². The van der Waals surface area contributed by atoms with Gasteiger partial charge < -0.3 is 24.3 Å². The summed E-state index contributed by atoms with van der Waals surface area (Å²) < 4.78 is 20.6. The molecular weight excluding hydrogens is 326 g/mol. The van der Waals surface area contributed by atoms with E-state index < -0.39 is 5.97 Å². The van der Waals surface area contributed by atoms with Crippen LogP contribution in [-0.2, 0) is 14.3 Å². The molecule has 25 heavy (non-hydrogen) atoms. The van der Waals surface area contributed by atoms with Gasteiger partial charge in [-0.2, -0.15) is 0 Å². The molecule has 1 aromatic carbocycles. The molecule has 0 spiro atoms. The first-order valence-corrected chi connectivity index (χ1v) is 7.82. The molecule has 0 aromatic heterocycles. The molecule has 1 N–H and O–H groups in total. The molecule has 1 rings (SSSR count). The first kappa shape index (κ1) is 20.3. The number of nitrogens with one attached hydrogen (secondary N) is 1. The van der Waals surface area contributed by atoms with E-state index in [1.165, 1.54) is 27.4 Å². The van der Waals surface area contributed by atoms with E-state index in [0.717, 1.165) is 0 Å². The van der Waals surface area contributed by atoms with E-state index >= 15 is 0 Å². The summed E-state index contributed by atoms with van der Waals surface area (Å²) in [5.74, 6) is 0.800. The van der Waals surface area contributed by atoms with Crippen molar-refractivity contribution in [3.8, 4) is 17.2 Å². The fourth-order valence-electron chi connectivity index (χ4n) is 1.92. The molecule has 0 aliphatic rings. The molecule has 1 aromatic rings. The molecule has 0 heterocycles. The van der Waals surface area contributed by atoms with Crippen LogP contribution in [0.3, 0.4) is 0 Å². The van der Waals surface area contributed by atoms with Gasteiger partial charge in [-0.25, -0.2) is 4.79 Å². The zero-order valence-corrected chi connectivity index (χ0v) is 15.3. The minimum absolute atomic E-state index is 0.314. The van der Waals surface area contributed by atoms with E-state index in [1.54, 1.807) is 18.2 Å². The molecule has 1 amide bonds. The van der Waals surface area contributed by atoms with Crippen molar-refractivity contribution >= 4 is 18.0 Å². The number of carbonyl (C=O) groups excluding carboxylic acids is 2. The van der Waals surface area contributed by atoms with Crippen molar-refractivity contribution < 1.29 is 28.5 Å². The van der Waals surface area contributed by atoms with Crippen molar-refractivity contribution in [3.63, 3.8) is 0 Å². The Morgan fingerprint density at radius 3 is 2.16 bits per heavy atom. The minimum Gasteiger partial charge on any atom is -0.493 e. The minimum atomic E-state index is -0.617. The van der Waals surface area contributed by atoms with Gasteiger partial charge in [-0.15, -0.1) is 0 Å². The van der Waals surface area contributed by atoms with Crippen LogP contribution in [-0.4, -0.2) is 46.4 Å². The van der Waals surface area contributed by atoms with E-state index in [-0.39, 0.29) is 12.5 Å². The Morgan fingerprint density at radius 1 is 1.08 bits per heavy atom. The zero-order valence-electron chi connectivity index (χ0n) is 15.3. The average molecular weight is 351 g/mol. The highest BCUT2D eigenvalue weighted by atomic mass is 16.5. The topological polar surface area (TPSA) is 83.1 Å². The van der Waals surface area contributed by atoms with E-state index in [2.05, 4.69) is 5.32 Å². The quantitative estimate of drug-likeness (QED) is 0.541. The van der Waals surface area contributed by atoms with Crippen LogP contribution < -0.4 is 19.5 Å². The highest BCUT2D eigenvalue weighted by Crippen LogP contribution is 2.38. The number of hydrogen-bond donors (Lipinski definition) is 1. The van der Waals surface area contributed by atoms with Crippen molar-refractivity contribution in [1.29, 1.82) is 0 Å². The molecule has 7 nitrogen and oxygen atoms in total. The molecule has 0 radical (unpaired) electrons. The molecule has 0 saturated heterocycles. The molecule has 0 aliphatic carbocycles. The van der Waals surface area contributed by atoms with Crippen molar-refractivity contribution in [2.24, 2.45) is 5.92 Å². The van der Waals surface area contributed by atoms with Crippen LogP contribution >= 0.6 is 0 Å². The second kappa shape index (κ2) is 10.2. The smallest absolute Gasteiger partial charge is 0.331 e. The van der Waals surface area contributed by atoms with Crippen LogP contribution in [0.25, 0.3) is 6.08 Å². The van der Waals surface area contributed by atoms with Gasteiger partial charge in [-0.3, -0.25) is 4.79 Å². The van der Waals surface area contributed by atoms with Crippen LogP contribution in [0.2, 0.25) is 0 Å². The summed E-state index contributed by atoms with van der Waals surface area (Å²) in [6.45, 7) is 4.18. The van der Waals surface area contributed by atoms with Gasteiger partial charge in [0.25, 0.3) is 5.91 Å². The van der Waals surface area contributed by atoms with Gasteiger partial charge >= 0.3 is 5.97 Å². The van der Waals surface area contributed by atoms with Gasteiger partial charge in [-0.1, -0.05) is 13.8 Å². The SMILES string of the molecule is COc1cc(/C=C/C(=O)OCC(=O)NCC(C)C)cc(OC)c1OC. The van der Waals surface area contributed by atoms with Crippen LogP contribution in [0.1, 0.15) is 19.4 Å². The number of hydrogen-bond acceptors (Lipinski definition) is 6. The fourth-order valence-corrected chi connectivity index (χ4v) is 1.92. The normalized spacial score (nSPS) is 10.6. The van der Waals surface area contributed by atoms with Gasteiger partial charge in [-0.05, 0) is 29.7 Å². The lowest BCUT2D eigenvalue weighted by Gasteiger charge is -2.12. The van der Waals surface area contributed by atoms with Crippen molar-refractivity contribution in [3.05, 3.63) is 23.8 Å². The zero-order chi connectivity index (χ0) is 18.8. The number of benzene rings is 1. The standard InChI is InChI=1S/C18H25NO6/c1-12(2)10-19-16(20)11-25-17(21)7-6-13-8-14(22-3)18(24-5)15(9-13)23-4/h6-9,12H,10-11H2,1-5H3,(H,19,20)/b7-6+. The lowest BCUT2D eigenvalue weighted by molar-refractivity contribution is -0.143. The van der Waals surface area contributed by atoms with E-state index in [9.17, 15) is 9.59 Å². The Kier molecular flexibility index (Phi) is 8.32. The second-order valence-corrected chi connectivity index (χ2v) is 5.60. The predicted octanol–water partition coefficient (Wildman–Crippen LogP) is 2.04. The van der Waals surface area contributed by atoms with Crippen LogP contribution in [0.15, 0.2) is 18.2 Å². The summed E-state index contributed by atoms with van der Waals surface area (Å²) in [6.07, 6.45) is 2.77. The predicted molar refractivity (Wildman–Crippen MR) is 93.9 cm³/mol. The van der Waals surface area contributed by atoms with Crippen molar-refractivity contribution in [1.82, 2.24) is 5.32 Å². The fraction of sp³-hybridized carbons (Fsp3) is 0.444. The molecule has 0 bridgehead atoms. The summed E-state index contributed by atoms with van der Waals surface area (Å²) in [5, 5.41) is 2.67. The van der Waals surface area contributed by atoms with Crippen LogP contribution in [0.5, 0.6) is 17.2 Å². The maximum Gasteiger partial charge on any atom is 0.331 e. The van der Waals surface area contributed by atoms with Gasteiger partial charge in [0.15, 0.2) is 18.1 Å². The second-order valence-electron chi connectivity index (χ2n) is 5.60. The van der Waals surface area contributed by atoms with Gasteiger partial charge in [0.2, 0.25) is 5.75 Å². The highest BCUT2D eigenvalue weighted by molar-refractivity contribution is 5.89. The first-order chi connectivity index (χ1) is 11.9. The molecule has 7 heteroatoms. The third kappa shape index (κ3) is 6.74. The number of methoxy groups -OCH3 is 3. The lowest BCUT2D eigenvalue weighted by Crippen LogP contribution is -2.31. The maximum atomic E-state index is 11.7. The number of carbonyl (C=O) groups is 2. The number of amides is 1. The third-order valence-corrected chi connectivity index (χ3v) is 3.15. The Labute approximate surface area is 147 Å². The summed E-state index contributed by atoms with van der Waals surface area (Å²) in [5.41, 5.74) is 0.663. The van der Waals surface area contributed by atoms with E-state index in [1.807, 2.05) is 13.8 Å². The summed E-state index contributed by atoms with van der Waals surface area (Å²) in [6, 6.07) is 3.39. The number of esters is 1. The monoisotopic (exact) mass is 351 g/mol. The van der Waals surface area contributed by atoms with Gasteiger partial charge in [0.1, 0.15) is 0 Å². The molecular formula is C18H25NO6. The average Bonchev–Trinajstić information content (AvgIpc) is 2.61. The largest absolute Gasteiger partial charge is 0.493 e. The van der Waals surface area contributed by atoms with Crippen molar-refractivity contribution in [2.45, 2.75) is 13.8 Å².